The number of carbonyl (C=O) groups is 1. The lowest BCUT2D eigenvalue weighted by Gasteiger charge is -1.89. The van der Waals surface area contributed by atoms with Crippen molar-refractivity contribution in [3.63, 3.8) is 0 Å². The minimum absolute atomic E-state index is 0.0395. The van der Waals surface area contributed by atoms with Crippen molar-refractivity contribution in [2.24, 2.45) is 0 Å². The maximum atomic E-state index is 10.9. The molecule has 0 amide bonds. The van der Waals surface area contributed by atoms with Gasteiger partial charge in [0, 0.05) is 18.1 Å². The summed E-state index contributed by atoms with van der Waals surface area (Å²) < 4.78 is 9.91. The van der Waals surface area contributed by atoms with E-state index in [4.69, 9.17) is 4.74 Å². The predicted octanol–water partition coefficient (Wildman–Crippen LogP) is 2.31. The summed E-state index contributed by atoms with van der Waals surface area (Å²) in [6, 6.07) is 9.90. The van der Waals surface area contributed by atoms with Crippen LogP contribution in [0.1, 0.15) is 18.4 Å². The molecule has 3 heteroatoms. The van der Waals surface area contributed by atoms with Gasteiger partial charge in [-0.3, -0.25) is 0 Å². The largest absolute Gasteiger partial charge is 0.466 e. The summed E-state index contributed by atoms with van der Waals surface area (Å²) in [6.45, 7) is 0. The van der Waals surface area contributed by atoms with E-state index in [2.05, 4.69) is 16.6 Å². The second-order valence-corrected chi connectivity index (χ2v) is 4.23. The highest BCUT2D eigenvalue weighted by atomic mass is 16.6. The van der Waals surface area contributed by atoms with Crippen LogP contribution in [0.3, 0.4) is 0 Å². The maximum Gasteiger partial charge on any atom is 0.330 e. The SMILES string of the molecule is COC(=O)/C=C/[C@@H]1O[C@H]1CCC#Cc1ccccc1. The van der Waals surface area contributed by atoms with Crippen molar-refractivity contribution in [1.29, 1.82) is 0 Å². The monoisotopic (exact) mass is 256 g/mol. The van der Waals surface area contributed by atoms with Crippen LogP contribution in [0.15, 0.2) is 42.5 Å². The van der Waals surface area contributed by atoms with E-state index in [1.54, 1.807) is 6.08 Å². The molecule has 0 spiro atoms. The minimum Gasteiger partial charge on any atom is -0.466 e. The Hall–Kier alpha value is -2.05. The lowest BCUT2D eigenvalue weighted by atomic mass is 10.1. The smallest absolute Gasteiger partial charge is 0.330 e. The van der Waals surface area contributed by atoms with Crippen LogP contribution in [0, 0.1) is 11.8 Å². The van der Waals surface area contributed by atoms with E-state index in [1.807, 2.05) is 30.3 Å². The highest BCUT2D eigenvalue weighted by Gasteiger charge is 2.35. The molecule has 0 N–H and O–H groups in total. The molecule has 3 nitrogen and oxygen atoms in total. The van der Waals surface area contributed by atoms with E-state index in [1.165, 1.54) is 13.2 Å². The molecule has 1 aromatic carbocycles. The minimum atomic E-state index is -0.349. The number of rotatable bonds is 4. The molecule has 0 unspecified atom stereocenters. The first-order valence-corrected chi connectivity index (χ1v) is 6.25. The summed E-state index contributed by atoms with van der Waals surface area (Å²) >= 11 is 0. The van der Waals surface area contributed by atoms with Gasteiger partial charge < -0.3 is 9.47 Å². The molecule has 19 heavy (non-hydrogen) atoms. The fourth-order valence-electron chi connectivity index (χ4n) is 1.70. The molecule has 0 aliphatic carbocycles. The molecule has 98 valence electrons. The van der Waals surface area contributed by atoms with E-state index in [-0.39, 0.29) is 18.2 Å². The van der Waals surface area contributed by atoms with Crippen LogP contribution >= 0.6 is 0 Å². The number of hydrogen-bond donors (Lipinski definition) is 0. The Labute approximate surface area is 113 Å². The zero-order valence-corrected chi connectivity index (χ0v) is 10.8. The van der Waals surface area contributed by atoms with Crippen molar-refractivity contribution in [2.75, 3.05) is 7.11 Å². The number of epoxide rings is 1. The number of methoxy groups -OCH3 is 1. The van der Waals surface area contributed by atoms with Crippen molar-refractivity contribution >= 4 is 5.97 Å². The number of benzene rings is 1. The average molecular weight is 256 g/mol. The third-order valence-corrected chi connectivity index (χ3v) is 2.81. The van der Waals surface area contributed by atoms with Gasteiger partial charge in [-0.05, 0) is 24.6 Å². The molecule has 1 saturated heterocycles. The van der Waals surface area contributed by atoms with Crippen molar-refractivity contribution in [1.82, 2.24) is 0 Å². The predicted molar refractivity (Wildman–Crippen MR) is 72.4 cm³/mol. The maximum absolute atomic E-state index is 10.9. The zero-order valence-electron chi connectivity index (χ0n) is 10.8. The topological polar surface area (TPSA) is 38.8 Å². The van der Waals surface area contributed by atoms with Gasteiger partial charge in [-0.2, -0.15) is 0 Å². The number of ether oxygens (including phenoxy) is 2. The van der Waals surface area contributed by atoms with Crippen LogP contribution in [0.4, 0.5) is 0 Å². The van der Waals surface area contributed by atoms with Crippen LogP contribution in [-0.4, -0.2) is 25.3 Å². The Morgan fingerprint density at radius 2 is 2.21 bits per heavy atom. The normalized spacial score (nSPS) is 20.7. The van der Waals surface area contributed by atoms with E-state index >= 15 is 0 Å². The van der Waals surface area contributed by atoms with Gasteiger partial charge >= 0.3 is 5.97 Å². The summed E-state index contributed by atoms with van der Waals surface area (Å²) in [5, 5.41) is 0. The molecule has 1 heterocycles. The van der Waals surface area contributed by atoms with Gasteiger partial charge in [-0.1, -0.05) is 30.0 Å². The third-order valence-electron chi connectivity index (χ3n) is 2.81. The first kappa shape index (κ1) is 13.4. The molecule has 1 aliphatic heterocycles. The van der Waals surface area contributed by atoms with Crippen LogP contribution in [0.5, 0.6) is 0 Å². The van der Waals surface area contributed by atoms with Gasteiger partial charge in [0.25, 0.3) is 0 Å². The summed E-state index contributed by atoms with van der Waals surface area (Å²) in [5.74, 6) is 5.88. The average Bonchev–Trinajstić information content (AvgIpc) is 3.21. The third kappa shape index (κ3) is 4.61. The Bertz CT molecular complexity index is 508. The highest BCUT2D eigenvalue weighted by Crippen LogP contribution is 2.27. The van der Waals surface area contributed by atoms with Crippen LogP contribution in [0.2, 0.25) is 0 Å². The standard InChI is InChI=1S/C16H16O3/c1-18-16(17)12-11-15-14(19-15)10-6-5-9-13-7-3-2-4-8-13/h2-4,7-8,11-12,14-15H,6,10H2,1H3/b12-11+/t14-,15-/m0/s1. The van der Waals surface area contributed by atoms with Gasteiger partial charge in [-0.15, -0.1) is 0 Å². The Morgan fingerprint density at radius 3 is 2.95 bits per heavy atom. The molecule has 2 atom stereocenters. The van der Waals surface area contributed by atoms with Crippen LogP contribution < -0.4 is 0 Å². The van der Waals surface area contributed by atoms with E-state index < -0.39 is 0 Å². The molecule has 1 aliphatic rings. The second-order valence-electron chi connectivity index (χ2n) is 4.23. The highest BCUT2D eigenvalue weighted by molar-refractivity contribution is 5.81. The fraction of sp³-hybridized carbons (Fsp3) is 0.312. The van der Waals surface area contributed by atoms with Gasteiger partial charge in [-0.25, -0.2) is 4.79 Å². The Morgan fingerprint density at radius 1 is 1.42 bits per heavy atom. The van der Waals surface area contributed by atoms with E-state index in [9.17, 15) is 4.79 Å². The number of esters is 1. The molecule has 2 rings (SSSR count). The van der Waals surface area contributed by atoms with Crippen LogP contribution in [0.25, 0.3) is 0 Å². The van der Waals surface area contributed by atoms with Crippen molar-refractivity contribution in [2.45, 2.75) is 25.0 Å². The fourth-order valence-corrected chi connectivity index (χ4v) is 1.70. The van der Waals surface area contributed by atoms with Crippen molar-refractivity contribution < 1.29 is 14.3 Å². The van der Waals surface area contributed by atoms with Crippen molar-refractivity contribution in [3.8, 4) is 11.8 Å². The van der Waals surface area contributed by atoms with Crippen molar-refractivity contribution in [3.05, 3.63) is 48.0 Å². The van der Waals surface area contributed by atoms with Gasteiger partial charge in [0.1, 0.15) is 6.10 Å². The molecule has 0 radical (unpaired) electrons. The second kappa shape index (κ2) is 6.77. The molecule has 0 aromatic heterocycles. The quantitative estimate of drug-likeness (QED) is 0.359. The summed E-state index contributed by atoms with van der Waals surface area (Å²) in [5.41, 5.74) is 1.03. The lowest BCUT2D eigenvalue weighted by molar-refractivity contribution is -0.134. The number of carbonyl (C=O) groups excluding carboxylic acids is 1. The molecular weight excluding hydrogens is 240 g/mol. The summed E-state index contributed by atoms with van der Waals surface area (Å²) in [7, 11) is 1.36. The lowest BCUT2D eigenvalue weighted by Crippen LogP contribution is -1.96. The first-order valence-electron chi connectivity index (χ1n) is 6.25. The van der Waals surface area contributed by atoms with Gasteiger partial charge in [0.2, 0.25) is 0 Å². The van der Waals surface area contributed by atoms with E-state index in [0.717, 1.165) is 18.4 Å². The zero-order chi connectivity index (χ0) is 13.5. The summed E-state index contributed by atoms with van der Waals surface area (Å²) in [6.07, 6.45) is 5.04. The summed E-state index contributed by atoms with van der Waals surface area (Å²) in [4.78, 5) is 10.9. The Kier molecular flexibility index (Phi) is 4.77. The van der Waals surface area contributed by atoms with E-state index in [0.29, 0.717) is 0 Å². The number of hydrogen-bond acceptors (Lipinski definition) is 3. The van der Waals surface area contributed by atoms with Gasteiger partial charge in [0.05, 0.1) is 13.2 Å². The Balaban J connectivity index is 1.68. The molecular formula is C16H16O3. The van der Waals surface area contributed by atoms with Crippen LogP contribution in [-0.2, 0) is 14.3 Å². The molecule has 1 aromatic rings. The first-order chi connectivity index (χ1) is 9.29. The molecule has 0 bridgehead atoms. The molecule has 0 saturated carbocycles. The molecule has 1 fully saturated rings. The van der Waals surface area contributed by atoms with Gasteiger partial charge in [0.15, 0.2) is 0 Å².